The number of halogens is 3. The lowest BCUT2D eigenvalue weighted by Gasteiger charge is -2.37. The van der Waals surface area contributed by atoms with E-state index in [1.807, 2.05) is 11.0 Å². The van der Waals surface area contributed by atoms with E-state index < -0.39 is 11.7 Å². The molecule has 0 aliphatic carbocycles. The molecule has 0 atom stereocenters. The van der Waals surface area contributed by atoms with Crippen LogP contribution in [0.15, 0.2) is 60.8 Å². The molecule has 4 aromatic rings. The number of carbonyl (C=O) groups is 1. The Labute approximate surface area is 216 Å². The van der Waals surface area contributed by atoms with Gasteiger partial charge in [-0.05, 0) is 42.5 Å². The maximum atomic E-state index is 12.8. The minimum Gasteiger partial charge on any atom is -0.457 e. The van der Waals surface area contributed by atoms with E-state index in [0.717, 1.165) is 30.7 Å². The largest absolute Gasteiger partial charge is 0.457 e. The van der Waals surface area contributed by atoms with Crippen molar-refractivity contribution in [3.8, 4) is 11.5 Å². The van der Waals surface area contributed by atoms with Crippen molar-refractivity contribution in [1.82, 2.24) is 19.4 Å². The van der Waals surface area contributed by atoms with Crippen LogP contribution in [0.4, 0.5) is 30.6 Å². The van der Waals surface area contributed by atoms with Crippen molar-refractivity contribution in [2.75, 3.05) is 37.4 Å². The van der Waals surface area contributed by atoms with Crippen molar-refractivity contribution in [2.45, 2.75) is 12.3 Å². The molecule has 3 heterocycles. The van der Waals surface area contributed by atoms with E-state index in [0.29, 0.717) is 34.5 Å². The summed E-state index contributed by atoms with van der Waals surface area (Å²) in [6.07, 6.45) is -2.68. The summed E-state index contributed by atoms with van der Waals surface area (Å²) in [5.41, 5.74) is 1.19. The van der Waals surface area contributed by atoms with Gasteiger partial charge in [0.2, 0.25) is 11.9 Å². The number of aryl methyl sites for hydroxylation is 1. The third-order valence-electron chi connectivity index (χ3n) is 6.18. The van der Waals surface area contributed by atoms with Crippen LogP contribution in [0.3, 0.4) is 0 Å². The number of methoxy groups -OCH3 is 1. The molecule has 5 rings (SSSR count). The Morgan fingerprint density at radius 1 is 1.08 bits per heavy atom. The number of fused-ring (bicyclic) bond motifs is 1. The fraction of sp³-hybridized carbons (Fsp3) is 0.269. The molecule has 0 spiro atoms. The van der Waals surface area contributed by atoms with E-state index in [9.17, 15) is 18.0 Å². The van der Waals surface area contributed by atoms with Gasteiger partial charge in [0.25, 0.3) is 0 Å². The van der Waals surface area contributed by atoms with E-state index in [4.69, 9.17) is 9.47 Å². The van der Waals surface area contributed by atoms with Crippen LogP contribution in [0.5, 0.6) is 11.5 Å². The van der Waals surface area contributed by atoms with Gasteiger partial charge in [-0.3, -0.25) is 9.69 Å². The Bertz CT molecular complexity index is 1450. The molecule has 198 valence electrons. The van der Waals surface area contributed by atoms with Crippen molar-refractivity contribution >= 4 is 34.4 Å². The molecule has 9 nitrogen and oxygen atoms in total. The second-order valence-corrected chi connectivity index (χ2v) is 8.92. The standard InChI is InChI=1S/C26H25F3N6O3/c1-34-22-8-7-18(11-21(22)32-25(34)31-17-5-3-16(4-6-17)26(27,28)29)38-19-9-10-30-23(12-19)33-24(36)15-35-13-20(14-35)37-2/h3-12,20H,13-15H2,1-2H3,(H,31,32)(H,30,33,36). The number of anilines is 3. The molecular formula is C26H25F3N6O3. The molecule has 0 radical (unpaired) electrons. The van der Waals surface area contributed by atoms with Crippen molar-refractivity contribution in [3.63, 3.8) is 0 Å². The normalized spacial score (nSPS) is 14.3. The predicted octanol–water partition coefficient (Wildman–Crippen LogP) is 4.79. The summed E-state index contributed by atoms with van der Waals surface area (Å²) in [5, 5.41) is 5.82. The summed E-state index contributed by atoms with van der Waals surface area (Å²) in [7, 11) is 3.46. The number of pyridine rings is 1. The quantitative estimate of drug-likeness (QED) is 0.341. The lowest BCUT2D eigenvalue weighted by atomic mass is 10.2. The minimum absolute atomic E-state index is 0.172. The number of aromatic nitrogens is 3. The summed E-state index contributed by atoms with van der Waals surface area (Å²) >= 11 is 0. The van der Waals surface area contributed by atoms with Gasteiger partial charge in [0, 0.05) is 51.3 Å². The zero-order chi connectivity index (χ0) is 26.9. The molecule has 1 aliphatic rings. The second-order valence-electron chi connectivity index (χ2n) is 8.92. The van der Waals surface area contributed by atoms with Crippen LogP contribution in [0.25, 0.3) is 11.0 Å². The summed E-state index contributed by atoms with van der Waals surface area (Å²) in [4.78, 5) is 23.0. The van der Waals surface area contributed by atoms with Crippen LogP contribution >= 0.6 is 0 Å². The molecule has 12 heteroatoms. The van der Waals surface area contributed by atoms with Gasteiger partial charge in [0.05, 0.1) is 29.2 Å². The molecule has 0 unspecified atom stereocenters. The summed E-state index contributed by atoms with van der Waals surface area (Å²) < 4.78 is 51.5. The van der Waals surface area contributed by atoms with Crippen molar-refractivity contribution in [1.29, 1.82) is 0 Å². The fourth-order valence-corrected chi connectivity index (χ4v) is 4.09. The number of amides is 1. The van der Waals surface area contributed by atoms with Crippen LogP contribution in [-0.2, 0) is 22.8 Å². The first-order chi connectivity index (χ1) is 18.2. The third-order valence-corrected chi connectivity index (χ3v) is 6.18. The van der Waals surface area contributed by atoms with Crippen molar-refractivity contribution in [2.24, 2.45) is 7.05 Å². The molecular weight excluding hydrogens is 501 g/mol. The first-order valence-electron chi connectivity index (χ1n) is 11.8. The van der Waals surface area contributed by atoms with Gasteiger partial charge in [0.15, 0.2) is 0 Å². The molecule has 1 aliphatic heterocycles. The van der Waals surface area contributed by atoms with Crippen LogP contribution in [0.2, 0.25) is 0 Å². The highest BCUT2D eigenvalue weighted by molar-refractivity contribution is 5.91. The van der Waals surface area contributed by atoms with Crippen molar-refractivity contribution < 1.29 is 27.4 Å². The van der Waals surface area contributed by atoms with E-state index in [-0.39, 0.29) is 18.6 Å². The zero-order valence-electron chi connectivity index (χ0n) is 20.6. The average Bonchev–Trinajstić information content (AvgIpc) is 3.15. The third kappa shape index (κ3) is 5.71. The molecule has 2 aromatic heterocycles. The predicted molar refractivity (Wildman–Crippen MR) is 136 cm³/mol. The van der Waals surface area contributed by atoms with Crippen LogP contribution < -0.4 is 15.4 Å². The van der Waals surface area contributed by atoms with Gasteiger partial charge in [-0.2, -0.15) is 13.2 Å². The van der Waals surface area contributed by atoms with E-state index in [1.54, 1.807) is 49.2 Å². The Morgan fingerprint density at radius 3 is 2.53 bits per heavy atom. The van der Waals surface area contributed by atoms with E-state index in [2.05, 4.69) is 20.6 Å². The molecule has 1 amide bonds. The van der Waals surface area contributed by atoms with Gasteiger partial charge in [-0.15, -0.1) is 0 Å². The SMILES string of the molecule is COC1CN(CC(=O)Nc2cc(Oc3ccc4c(c3)nc(Nc3ccc(C(F)(F)F)cc3)n4C)ccn2)C1. The summed E-state index contributed by atoms with van der Waals surface area (Å²) in [6, 6.07) is 13.4. The first kappa shape index (κ1) is 25.5. The number of hydrogen-bond donors (Lipinski definition) is 2. The van der Waals surface area contributed by atoms with Gasteiger partial charge in [-0.25, -0.2) is 9.97 Å². The highest BCUT2D eigenvalue weighted by Crippen LogP contribution is 2.31. The Morgan fingerprint density at radius 2 is 1.82 bits per heavy atom. The summed E-state index contributed by atoms with van der Waals surface area (Å²) in [5.74, 6) is 1.67. The number of hydrogen-bond acceptors (Lipinski definition) is 7. The number of nitrogens with zero attached hydrogens (tertiary/aromatic N) is 4. The van der Waals surface area contributed by atoms with E-state index >= 15 is 0 Å². The molecule has 0 bridgehead atoms. The minimum atomic E-state index is -4.39. The first-order valence-corrected chi connectivity index (χ1v) is 11.8. The van der Waals surface area contributed by atoms with Crippen molar-refractivity contribution in [3.05, 3.63) is 66.4 Å². The molecule has 1 fully saturated rings. The van der Waals surface area contributed by atoms with Gasteiger partial charge in [0.1, 0.15) is 17.3 Å². The summed E-state index contributed by atoms with van der Waals surface area (Å²) in [6.45, 7) is 1.70. The number of nitrogens with one attached hydrogen (secondary N) is 2. The molecule has 2 N–H and O–H groups in total. The lowest BCUT2D eigenvalue weighted by molar-refractivity contribution is -0.137. The van der Waals surface area contributed by atoms with Crippen LogP contribution in [-0.4, -0.2) is 58.2 Å². The highest BCUT2D eigenvalue weighted by Gasteiger charge is 2.30. The molecule has 38 heavy (non-hydrogen) atoms. The van der Waals surface area contributed by atoms with Crippen LogP contribution in [0, 0.1) is 0 Å². The Kier molecular flexibility index (Phi) is 6.91. The number of alkyl halides is 3. The molecule has 0 saturated carbocycles. The molecule has 2 aromatic carbocycles. The fourth-order valence-electron chi connectivity index (χ4n) is 4.09. The lowest BCUT2D eigenvalue weighted by Crippen LogP contribution is -2.54. The Hall–Kier alpha value is -4.16. The number of rotatable bonds is 8. The van der Waals surface area contributed by atoms with Gasteiger partial charge >= 0.3 is 6.18 Å². The topological polar surface area (TPSA) is 93.5 Å². The Balaban J connectivity index is 1.25. The number of ether oxygens (including phenoxy) is 2. The monoisotopic (exact) mass is 526 g/mol. The number of likely N-dealkylation sites (tertiary alicyclic amines) is 1. The maximum Gasteiger partial charge on any atom is 0.416 e. The van der Waals surface area contributed by atoms with E-state index in [1.165, 1.54) is 12.1 Å². The van der Waals surface area contributed by atoms with Gasteiger partial charge < -0.3 is 24.7 Å². The average molecular weight is 527 g/mol. The highest BCUT2D eigenvalue weighted by atomic mass is 19.4. The smallest absolute Gasteiger partial charge is 0.416 e. The zero-order valence-corrected chi connectivity index (χ0v) is 20.6. The number of benzene rings is 2. The maximum absolute atomic E-state index is 12.8. The number of imidazole rings is 1. The molecule has 1 saturated heterocycles. The van der Waals surface area contributed by atoms with Gasteiger partial charge in [-0.1, -0.05) is 0 Å². The number of carbonyl (C=O) groups excluding carboxylic acids is 1. The van der Waals surface area contributed by atoms with Crippen LogP contribution in [0.1, 0.15) is 5.56 Å². The second kappa shape index (κ2) is 10.3.